The fraction of sp³-hybridized carbons (Fsp3) is 0.400. The third kappa shape index (κ3) is 1.49. The van der Waals surface area contributed by atoms with Gasteiger partial charge in [0.1, 0.15) is 0 Å². The van der Waals surface area contributed by atoms with Gasteiger partial charge in [-0.25, -0.2) is 0 Å². The van der Waals surface area contributed by atoms with Gasteiger partial charge in [0.15, 0.2) is 6.29 Å². The summed E-state index contributed by atoms with van der Waals surface area (Å²) in [5.41, 5.74) is 1.10. The van der Waals surface area contributed by atoms with E-state index in [1.54, 1.807) is 0 Å². The number of ether oxygens (including phenoxy) is 2. The normalized spacial score (nSPS) is 29.1. The third-order valence-corrected chi connectivity index (χ3v) is 1.91. The van der Waals surface area contributed by atoms with Crippen molar-refractivity contribution in [3.8, 4) is 0 Å². The van der Waals surface area contributed by atoms with E-state index in [0.717, 1.165) is 5.56 Å². The van der Waals surface area contributed by atoms with Crippen LogP contribution in [-0.4, -0.2) is 12.7 Å². The summed E-state index contributed by atoms with van der Waals surface area (Å²) in [6.45, 7) is 2.71. The molecule has 1 saturated heterocycles. The van der Waals surface area contributed by atoms with Crippen LogP contribution in [0.1, 0.15) is 18.8 Å². The maximum absolute atomic E-state index is 5.53. The third-order valence-electron chi connectivity index (χ3n) is 1.91. The summed E-state index contributed by atoms with van der Waals surface area (Å²) in [6, 6.07) is 10.0. The van der Waals surface area contributed by atoms with Gasteiger partial charge in [-0.15, -0.1) is 0 Å². The van der Waals surface area contributed by atoms with Gasteiger partial charge in [0, 0.05) is 5.56 Å². The minimum absolute atomic E-state index is 0.152. The van der Waals surface area contributed by atoms with Gasteiger partial charge in [0.05, 0.1) is 12.7 Å². The summed E-state index contributed by atoms with van der Waals surface area (Å²) in [5, 5.41) is 0. The minimum Gasteiger partial charge on any atom is -0.346 e. The van der Waals surface area contributed by atoms with Crippen molar-refractivity contribution in [3.63, 3.8) is 0 Å². The maximum atomic E-state index is 5.53. The second-order valence-corrected chi connectivity index (χ2v) is 3.02. The molecule has 2 rings (SSSR count). The molecule has 2 heteroatoms. The summed E-state index contributed by atoms with van der Waals surface area (Å²) < 4.78 is 11.0. The van der Waals surface area contributed by atoms with E-state index in [-0.39, 0.29) is 12.4 Å². The van der Waals surface area contributed by atoms with Crippen LogP contribution >= 0.6 is 0 Å². The number of hydrogen-bond donors (Lipinski definition) is 0. The van der Waals surface area contributed by atoms with Crippen molar-refractivity contribution < 1.29 is 9.47 Å². The molecule has 2 atom stereocenters. The van der Waals surface area contributed by atoms with Crippen LogP contribution in [0.4, 0.5) is 0 Å². The van der Waals surface area contributed by atoms with E-state index >= 15 is 0 Å². The fourth-order valence-corrected chi connectivity index (χ4v) is 1.30. The van der Waals surface area contributed by atoms with Crippen molar-refractivity contribution in [2.45, 2.75) is 19.3 Å². The number of benzene rings is 1. The molecule has 0 radical (unpaired) electrons. The molecule has 1 aliphatic heterocycles. The molecule has 0 aromatic heterocycles. The van der Waals surface area contributed by atoms with E-state index < -0.39 is 0 Å². The maximum Gasteiger partial charge on any atom is 0.184 e. The number of rotatable bonds is 1. The lowest BCUT2D eigenvalue weighted by Gasteiger charge is -2.08. The molecule has 64 valence electrons. The SMILES string of the molecule is C[C@H]1CO[C@@H](c2ccccc2)O1. The molecule has 1 aromatic carbocycles. The van der Waals surface area contributed by atoms with Crippen molar-refractivity contribution in [1.29, 1.82) is 0 Å². The average Bonchev–Trinajstić information content (AvgIpc) is 2.54. The summed E-state index contributed by atoms with van der Waals surface area (Å²) in [6.07, 6.45) is 0.0661. The Hall–Kier alpha value is -0.860. The van der Waals surface area contributed by atoms with Gasteiger partial charge in [-0.3, -0.25) is 0 Å². The van der Waals surface area contributed by atoms with Crippen LogP contribution in [0.25, 0.3) is 0 Å². The molecule has 1 fully saturated rings. The standard InChI is InChI=1S/C10H12O2/c1-8-7-11-10(12-8)9-5-3-2-4-6-9/h2-6,8,10H,7H2,1H3/t8-,10+/m0/s1. The van der Waals surface area contributed by atoms with E-state index in [0.29, 0.717) is 6.61 Å². The van der Waals surface area contributed by atoms with Crippen molar-refractivity contribution >= 4 is 0 Å². The Morgan fingerprint density at radius 3 is 2.58 bits per heavy atom. The van der Waals surface area contributed by atoms with Crippen LogP contribution in [0.5, 0.6) is 0 Å². The van der Waals surface area contributed by atoms with Crippen LogP contribution in [0.2, 0.25) is 0 Å². The van der Waals surface area contributed by atoms with E-state index in [4.69, 9.17) is 9.47 Å². The van der Waals surface area contributed by atoms with E-state index in [1.807, 2.05) is 37.3 Å². The zero-order valence-corrected chi connectivity index (χ0v) is 7.07. The summed E-state index contributed by atoms with van der Waals surface area (Å²) in [4.78, 5) is 0. The highest BCUT2D eigenvalue weighted by molar-refractivity contribution is 5.16. The van der Waals surface area contributed by atoms with Crippen LogP contribution in [0.3, 0.4) is 0 Å². The first-order valence-electron chi connectivity index (χ1n) is 4.18. The predicted molar refractivity (Wildman–Crippen MR) is 45.7 cm³/mol. The first-order valence-corrected chi connectivity index (χ1v) is 4.18. The molecule has 0 saturated carbocycles. The Morgan fingerprint density at radius 1 is 1.25 bits per heavy atom. The van der Waals surface area contributed by atoms with Crippen molar-refractivity contribution in [1.82, 2.24) is 0 Å². The molecule has 2 nitrogen and oxygen atoms in total. The number of hydrogen-bond acceptors (Lipinski definition) is 2. The Labute approximate surface area is 72.1 Å². The summed E-state index contributed by atoms with van der Waals surface area (Å²) >= 11 is 0. The average molecular weight is 164 g/mol. The zero-order valence-electron chi connectivity index (χ0n) is 7.07. The highest BCUT2D eigenvalue weighted by atomic mass is 16.7. The predicted octanol–water partition coefficient (Wildman–Crippen LogP) is 2.12. The summed E-state index contributed by atoms with van der Waals surface area (Å²) in [7, 11) is 0. The molecule has 0 unspecified atom stereocenters. The van der Waals surface area contributed by atoms with Gasteiger partial charge < -0.3 is 9.47 Å². The lowest BCUT2D eigenvalue weighted by atomic mass is 10.2. The van der Waals surface area contributed by atoms with E-state index in [2.05, 4.69) is 0 Å². The van der Waals surface area contributed by atoms with Gasteiger partial charge in [-0.1, -0.05) is 30.3 Å². The molecule has 1 aromatic rings. The molecular formula is C10H12O2. The molecule has 0 bridgehead atoms. The van der Waals surface area contributed by atoms with Gasteiger partial charge in [0.2, 0.25) is 0 Å². The largest absolute Gasteiger partial charge is 0.346 e. The van der Waals surface area contributed by atoms with Gasteiger partial charge >= 0.3 is 0 Å². The van der Waals surface area contributed by atoms with E-state index in [9.17, 15) is 0 Å². The molecule has 1 aliphatic rings. The first kappa shape index (κ1) is 7.77. The Bertz CT molecular complexity index is 245. The van der Waals surface area contributed by atoms with Crippen molar-refractivity contribution in [2.75, 3.05) is 6.61 Å². The Morgan fingerprint density at radius 2 is 2.00 bits per heavy atom. The van der Waals surface area contributed by atoms with Gasteiger partial charge in [-0.2, -0.15) is 0 Å². The second-order valence-electron chi connectivity index (χ2n) is 3.02. The quantitative estimate of drug-likeness (QED) is 0.633. The van der Waals surface area contributed by atoms with Crippen molar-refractivity contribution in [3.05, 3.63) is 35.9 Å². The first-order chi connectivity index (χ1) is 5.86. The van der Waals surface area contributed by atoms with Crippen LogP contribution in [-0.2, 0) is 9.47 Å². The molecule has 0 spiro atoms. The highest BCUT2D eigenvalue weighted by Crippen LogP contribution is 2.25. The minimum atomic E-state index is -0.152. The second kappa shape index (κ2) is 3.25. The van der Waals surface area contributed by atoms with Gasteiger partial charge in [0.25, 0.3) is 0 Å². The molecule has 0 N–H and O–H groups in total. The monoisotopic (exact) mass is 164 g/mol. The smallest absolute Gasteiger partial charge is 0.184 e. The lowest BCUT2D eigenvalue weighted by Crippen LogP contribution is -2.02. The van der Waals surface area contributed by atoms with Crippen LogP contribution in [0.15, 0.2) is 30.3 Å². The zero-order chi connectivity index (χ0) is 8.39. The van der Waals surface area contributed by atoms with Gasteiger partial charge in [-0.05, 0) is 6.92 Å². The molecule has 1 heterocycles. The van der Waals surface area contributed by atoms with Crippen LogP contribution < -0.4 is 0 Å². The Balaban J connectivity index is 2.11. The molecular weight excluding hydrogens is 152 g/mol. The van der Waals surface area contributed by atoms with Crippen LogP contribution in [0, 0.1) is 0 Å². The fourth-order valence-electron chi connectivity index (χ4n) is 1.30. The molecule has 0 amide bonds. The lowest BCUT2D eigenvalue weighted by molar-refractivity contribution is -0.0572. The topological polar surface area (TPSA) is 18.5 Å². The molecule has 0 aliphatic carbocycles. The Kier molecular flexibility index (Phi) is 2.11. The highest BCUT2D eigenvalue weighted by Gasteiger charge is 2.23. The van der Waals surface area contributed by atoms with Crippen molar-refractivity contribution in [2.24, 2.45) is 0 Å². The molecule has 12 heavy (non-hydrogen) atoms. The van der Waals surface area contributed by atoms with E-state index in [1.165, 1.54) is 0 Å². The summed E-state index contributed by atoms with van der Waals surface area (Å²) in [5.74, 6) is 0.